The number of benzene rings is 2. The zero-order valence-corrected chi connectivity index (χ0v) is 15.0. The molecule has 0 aliphatic rings. The predicted molar refractivity (Wildman–Crippen MR) is 97.0 cm³/mol. The summed E-state index contributed by atoms with van der Waals surface area (Å²) in [7, 11) is 1.30. The van der Waals surface area contributed by atoms with Crippen molar-refractivity contribution in [1.29, 1.82) is 0 Å². The molecule has 0 aliphatic carbocycles. The summed E-state index contributed by atoms with van der Waals surface area (Å²) in [5.74, 6) is -0.123. The van der Waals surface area contributed by atoms with E-state index in [1.807, 2.05) is 39.0 Å². The molecule has 2 rings (SSSR count). The van der Waals surface area contributed by atoms with E-state index in [0.717, 1.165) is 11.1 Å². The van der Waals surface area contributed by atoms with Crippen LogP contribution in [0, 0.1) is 13.8 Å². The molecular formula is C20H23NO4. The second-order valence-electron chi connectivity index (χ2n) is 5.74. The van der Waals surface area contributed by atoms with Gasteiger partial charge in [0.2, 0.25) is 0 Å². The van der Waals surface area contributed by atoms with Crippen molar-refractivity contribution in [3.05, 3.63) is 59.2 Å². The van der Waals surface area contributed by atoms with Gasteiger partial charge in [0, 0.05) is 0 Å². The van der Waals surface area contributed by atoms with Gasteiger partial charge in [0.05, 0.1) is 18.4 Å². The Hall–Kier alpha value is -2.82. The minimum Gasteiger partial charge on any atom is -0.480 e. The number of rotatable bonds is 6. The number of ether oxygens (including phenoxy) is 2. The Labute approximate surface area is 148 Å². The molecule has 1 amide bonds. The minimum absolute atomic E-state index is 0.305. The van der Waals surface area contributed by atoms with Gasteiger partial charge < -0.3 is 14.8 Å². The first-order valence-corrected chi connectivity index (χ1v) is 8.19. The molecule has 0 aromatic heterocycles. The quantitative estimate of drug-likeness (QED) is 0.810. The van der Waals surface area contributed by atoms with Crippen LogP contribution in [0.3, 0.4) is 0 Å². The zero-order chi connectivity index (χ0) is 18.4. The number of methoxy groups -OCH3 is 1. The van der Waals surface area contributed by atoms with Crippen LogP contribution in [-0.4, -0.2) is 25.1 Å². The normalized spacial score (nSPS) is 11.5. The molecule has 0 bridgehead atoms. The Morgan fingerprint density at radius 2 is 1.80 bits per heavy atom. The van der Waals surface area contributed by atoms with Gasteiger partial charge in [-0.15, -0.1) is 0 Å². The Morgan fingerprint density at radius 3 is 2.48 bits per heavy atom. The lowest BCUT2D eigenvalue weighted by Crippen LogP contribution is -2.33. The third-order valence-corrected chi connectivity index (χ3v) is 4.08. The highest BCUT2D eigenvalue weighted by molar-refractivity contribution is 6.02. The Kier molecular flexibility index (Phi) is 6.17. The van der Waals surface area contributed by atoms with Gasteiger partial charge in [-0.1, -0.05) is 31.2 Å². The van der Waals surface area contributed by atoms with Gasteiger partial charge in [0.25, 0.3) is 5.91 Å². The van der Waals surface area contributed by atoms with Crippen LogP contribution in [0.25, 0.3) is 0 Å². The Morgan fingerprint density at radius 1 is 1.08 bits per heavy atom. The van der Waals surface area contributed by atoms with Crippen LogP contribution in [0.2, 0.25) is 0 Å². The molecule has 0 aliphatic heterocycles. The Balaban J connectivity index is 2.18. The number of anilines is 1. The van der Waals surface area contributed by atoms with Crippen LogP contribution >= 0.6 is 0 Å². The van der Waals surface area contributed by atoms with Gasteiger partial charge in [-0.05, 0) is 49.6 Å². The summed E-state index contributed by atoms with van der Waals surface area (Å²) in [5, 5.41) is 2.77. The van der Waals surface area contributed by atoms with Crippen LogP contribution in [0.4, 0.5) is 5.69 Å². The zero-order valence-electron chi connectivity index (χ0n) is 15.0. The van der Waals surface area contributed by atoms with Crippen molar-refractivity contribution in [2.75, 3.05) is 12.4 Å². The molecule has 1 N–H and O–H groups in total. The summed E-state index contributed by atoms with van der Waals surface area (Å²) < 4.78 is 10.7. The number of carbonyl (C=O) groups is 2. The van der Waals surface area contributed by atoms with Crippen molar-refractivity contribution in [3.8, 4) is 5.75 Å². The monoisotopic (exact) mass is 341 g/mol. The molecule has 0 unspecified atom stereocenters. The molecule has 25 heavy (non-hydrogen) atoms. The standard InChI is InChI=1S/C20H23NO4/c1-5-17(25-18-12-8-9-13(2)14(18)3)19(22)21-16-11-7-6-10-15(16)20(23)24-4/h6-12,17H,5H2,1-4H3,(H,21,22)/t17-/m0/s1. The minimum atomic E-state index is -0.661. The van der Waals surface area contributed by atoms with Gasteiger partial charge in [-0.25, -0.2) is 4.79 Å². The van der Waals surface area contributed by atoms with E-state index in [1.165, 1.54) is 7.11 Å². The summed E-state index contributed by atoms with van der Waals surface area (Å²) >= 11 is 0. The van der Waals surface area contributed by atoms with E-state index in [-0.39, 0.29) is 5.91 Å². The fraction of sp³-hybridized carbons (Fsp3) is 0.300. The first-order chi connectivity index (χ1) is 12.0. The summed E-state index contributed by atoms with van der Waals surface area (Å²) in [6.45, 7) is 5.83. The first kappa shape index (κ1) is 18.5. The van der Waals surface area contributed by atoms with Crippen LogP contribution in [0.5, 0.6) is 5.75 Å². The number of amides is 1. The van der Waals surface area contributed by atoms with E-state index >= 15 is 0 Å². The topological polar surface area (TPSA) is 64.6 Å². The smallest absolute Gasteiger partial charge is 0.339 e. The highest BCUT2D eigenvalue weighted by Gasteiger charge is 2.21. The molecule has 5 nitrogen and oxygen atoms in total. The highest BCUT2D eigenvalue weighted by atomic mass is 16.5. The van der Waals surface area contributed by atoms with Crippen molar-refractivity contribution >= 4 is 17.6 Å². The predicted octanol–water partition coefficient (Wildman–Crippen LogP) is 3.89. The van der Waals surface area contributed by atoms with Crippen LogP contribution in [-0.2, 0) is 9.53 Å². The maximum absolute atomic E-state index is 12.6. The molecule has 2 aromatic carbocycles. The van der Waals surface area contributed by atoms with E-state index in [2.05, 4.69) is 5.32 Å². The first-order valence-electron chi connectivity index (χ1n) is 8.19. The molecule has 0 radical (unpaired) electrons. The summed E-state index contributed by atoms with van der Waals surface area (Å²) in [6.07, 6.45) is -0.161. The van der Waals surface area contributed by atoms with E-state index in [1.54, 1.807) is 24.3 Å². The largest absolute Gasteiger partial charge is 0.480 e. The van der Waals surface area contributed by atoms with Crippen LogP contribution in [0.1, 0.15) is 34.8 Å². The third kappa shape index (κ3) is 4.38. The molecule has 0 saturated heterocycles. The SMILES string of the molecule is CC[C@H](Oc1cccc(C)c1C)C(=O)Nc1ccccc1C(=O)OC. The van der Waals surface area contributed by atoms with Crippen LogP contribution in [0.15, 0.2) is 42.5 Å². The van der Waals surface area contributed by atoms with Gasteiger partial charge in [-0.2, -0.15) is 0 Å². The van der Waals surface area contributed by atoms with Gasteiger partial charge >= 0.3 is 5.97 Å². The number of nitrogens with one attached hydrogen (secondary N) is 1. The lowest BCUT2D eigenvalue weighted by Gasteiger charge is -2.20. The van der Waals surface area contributed by atoms with Crippen molar-refractivity contribution in [2.24, 2.45) is 0 Å². The summed E-state index contributed by atoms with van der Waals surface area (Å²) in [5.41, 5.74) is 2.81. The van der Waals surface area contributed by atoms with Gasteiger partial charge in [-0.3, -0.25) is 4.79 Å². The number of hydrogen-bond acceptors (Lipinski definition) is 4. The average Bonchev–Trinajstić information content (AvgIpc) is 2.62. The van der Waals surface area contributed by atoms with Crippen LogP contribution < -0.4 is 10.1 Å². The molecule has 132 valence electrons. The van der Waals surface area contributed by atoms with E-state index in [0.29, 0.717) is 23.4 Å². The molecule has 2 aromatic rings. The maximum Gasteiger partial charge on any atom is 0.339 e. The van der Waals surface area contributed by atoms with Crippen molar-refractivity contribution < 1.29 is 19.1 Å². The molecular weight excluding hydrogens is 318 g/mol. The fourth-order valence-electron chi connectivity index (χ4n) is 2.42. The molecule has 0 spiro atoms. The highest BCUT2D eigenvalue weighted by Crippen LogP contribution is 2.23. The average molecular weight is 341 g/mol. The molecule has 5 heteroatoms. The lowest BCUT2D eigenvalue weighted by molar-refractivity contribution is -0.122. The second-order valence-corrected chi connectivity index (χ2v) is 5.74. The number of hydrogen-bond donors (Lipinski definition) is 1. The van der Waals surface area contributed by atoms with Gasteiger partial charge in [0.1, 0.15) is 5.75 Å². The fourth-order valence-corrected chi connectivity index (χ4v) is 2.42. The van der Waals surface area contributed by atoms with E-state index in [9.17, 15) is 9.59 Å². The van der Waals surface area contributed by atoms with E-state index < -0.39 is 12.1 Å². The molecule has 1 atom stereocenters. The van der Waals surface area contributed by atoms with Gasteiger partial charge in [0.15, 0.2) is 6.10 Å². The third-order valence-electron chi connectivity index (χ3n) is 4.08. The van der Waals surface area contributed by atoms with Crippen molar-refractivity contribution in [2.45, 2.75) is 33.3 Å². The molecule has 0 saturated carbocycles. The number of carbonyl (C=O) groups excluding carboxylic acids is 2. The van der Waals surface area contributed by atoms with Crippen molar-refractivity contribution in [3.63, 3.8) is 0 Å². The Bertz CT molecular complexity index is 770. The number of para-hydroxylation sites is 1. The number of aryl methyl sites for hydroxylation is 1. The molecule has 0 heterocycles. The summed E-state index contributed by atoms with van der Waals surface area (Å²) in [4.78, 5) is 24.4. The van der Waals surface area contributed by atoms with Crippen molar-refractivity contribution in [1.82, 2.24) is 0 Å². The number of esters is 1. The molecule has 0 fully saturated rings. The second kappa shape index (κ2) is 8.33. The summed E-state index contributed by atoms with van der Waals surface area (Å²) in [6, 6.07) is 12.5. The van der Waals surface area contributed by atoms with E-state index in [4.69, 9.17) is 9.47 Å². The maximum atomic E-state index is 12.6. The lowest BCUT2D eigenvalue weighted by atomic mass is 10.1.